The molecule has 18 heavy (non-hydrogen) atoms. The summed E-state index contributed by atoms with van der Waals surface area (Å²) in [6, 6.07) is 5.18. The Morgan fingerprint density at radius 1 is 1.44 bits per heavy atom. The second-order valence-electron chi connectivity index (χ2n) is 4.12. The summed E-state index contributed by atoms with van der Waals surface area (Å²) in [5.74, 6) is 1.06. The molecule has 1 aromatic heterocycles. The minimum absolute atomic E-state index is 0.164. The summed E-state index contributed by atoms with van der Waals surface area (Å²) in [4.78, 5) is 16.0. The van der Waals surface area contributed by atoms with Crippen molar-refractivity contribution in [1.82, 2.24) is 10.3 Å². The topological polar surface area (TPSA) is 81.2 Å². The van der Waals surface area contributed by atoms with Gasteiger partial charge >= 0.3 is 0 Å². The molecule has 0 radical (unpaired) electrons. The monoisotopic (exact) mass is 245 g/mol. The van der Waals surface area contributed by atoms with Crippen molar-refractivity contribution in [2.24, 2.45) is 0 Å². The number of anilines is 1. The fourth-order valence-corrected chi connectivity index (χ4v) is 1.68. The number of oxazole rings is 1. The molecule has 0 spiro atoms. The molecule has 0 atom stereocenters. The first kappa shape index (κ1) is 12.2. The zero-order valence-corrected chi connectivity index (χ0v) is 10.4. The lowest BCUT2D eigenvalue weighted by atomic mass is 10.1. The molecule has 0 saturated heterocycles. The minimum Gasteiger partial charge on any atom is -0.444 e. The first-order valence-electron chi connectivity index (χ1n) is 5.62. The van der Waals surface area contributed by atoms with Crippen LogP contribution < -0.4 is 11.1 Å². The van der Waals surface area contributed by atoms with Gasteiger partial charge in [-0.1, -0.05) is 0 Å². The minimum atomic E-state index is -0.164. The van der Waals surface area contributed by atoms with Crippen LogP contribution in [0.1, 0.15) is 27.6 Å². The average Bonchev–Trinajstić information content (AvgIpc) is 2.72. The van der Waals surface area contributed by atoms with Gasteiger partial charge in [-0.25, -0.2) is 4.98 Å². The predicted molar refractivity (Wildman–Crippen MR) is 68.0 cm³/mol. The van der Waals surface area contributed by atoms with Gasteiger partial charge < -0.3 is 15.5 Å². The summed E-state index contributed by atoms with van der Waals surface area (Å²) >= 11 is 0. The maximum absolute atomic E-state index is 11.9. The van der Waals surface area contributed by atoms with Crippen molar-refractivity contribution in [3.8, 4) is 0 Å². The van der Waals surface area contributed by atoms with Gasteiger partial charge in [-0.15, -0.1) is 0 Å². The smallest absolute Gasteiger partial charge is 0.251 e. The van der Waals surface area contributed by atoms with Crippen molar-refractivity contribution in [2.45, 2.75) is 20.4 Å². The summed E-state index contributed by atoms with van der Waals surface area (Å²) in [5, 5.41) is 2.75. The molecule has 2 rings (SSSR count). The van der Waals surface area contributed by atoms with Crippen LogP contribution in [0.3, 0.4) is 0 Å². The van der Waals surface area contributed by atoms with E-state index in [1.54, 1.807) is 24.4 Å². The van der Waals surface area contributed by atoms with Crippen molar-refractivity contribution >= 4 is 11.6 Å². The number of nitrogens with zero attached hydrogens (tertiary/aromatic N) is 1. The number of aryl methyl sites for hydroxylation is 2. The third-order valence-electron chi connectivity index (χ3n) is 2.56. The van der Waals surface area contributed by atoms with E-state index in [0.717, 1.165) is 11.3 Å². The number of nitrogens with one attached hydrogen (secondary N) is 1. The Kier molecular flexibility index (Phi) is 3.32. The van der Waals surface area contributed by atoms with Crippen LogP contribution in [0, 0.1) is 13.8 Å². The van der Waals surface area contributed by atoms with E-state index in [1.165, 1.54) is 0 Å². The van der Waals surface area contributed by atoms with Gasteiger partial charge in [-0.05, 0) is 37.6 Å². The standard InChI is InChI=1S/C13H15N3O2/c1-8-5-10(14)3-4-11(8)13(17)16-7-12-15-6-9(2)18-12/h3-6H,7,14H2,1-2H3,(H,16,17). The van der Waals surface area contributed by atoms with E-state index in [9.17, 15) is 4.79 Å². The van der Waals surface area contributed by atoms with Crippen LogP contribution in [-0.4, -0.2) is 10.9 Å². The highest BCUT2D eigenvalue weighted by Gasteiger charge is 2.10. The van der Waals surface area contributed by atoms with Gasteiger partial charge in [0, 0.05) is 11.3 Å². The van der Waals surface area contributed by atoms with Crippen LogP contribution in [0.4, 0.5) is 5.69 Å². The lowest BCUT2D eigenvalue weighted by Crippen LogP contribution is -2.23. The molecule has 2 aromatic rings. The van der Waals surface area contributed by atoms with Crippen molar-refractivity contribution < 1.29 is 9.21 Å². The zero-order chi connectivity index (χ0) is 13.1. The van der Waals surface area contributed by atoms with E-state index in [1.807, 2.05) is 13.8 Å². The SMILES string of the molecule is Cc1cnc(CNC(=O)c2ccc(N)cc2C)o1. The molecule has 3 N–H and O–H groups in total. The molecule has 0 aliphatic heterocycles. The Bertz CT molecular complexity index is 575. The van der Waals surface area contributed by atoms with Crippen molar-refractivity contribution in [2.75, 3.05) is 5.73 Å². The molecule has 0 fully saturated rings. The van der Waals surface area contributed by atoms with Crippen molar-refractivity contribution in [3.05, 3.63) is 47.2 Å². The highest BCUT2D eigenvalue weighted by atomic mass is 16.4. The normalized spacial score (nSPS) is 10.3. The molecule has 0 unspecified atom stereocenters. The Morgan fingerprint density at radius 2 is 2.22 bits per heavy atom. The van der Waals surface area contributed by atoms with Crippen molar-refractivity contribution in [1.29, 1.82) is 0 Å². The second-order valence-corrected chi connectivity index (χ2v) is 4.12. The van der Waals surface area contributed by atoms with Gasteiger partial charge in [0.15, 0.2) is 0 Å². The summed E-state index contributed by atoms with van der Waals surface area (Å²) in [6.07, 6.45) is 1.62. The lowest BCUT2D eigenvalue weighted by Gasteiger charge is -2.06. The Hall–Kier alpha value is -2.30. The summed E-state index contributed by atoms with van der Waals surface area (Å²) in [6.45, 7) is 3.93. The fraction of sp³-hybridized carbons (Fsp3) is 0.231. The molecule has 1 heterocycles. The second kappa shape index (κ2) is 4.91. The molecule has 0 bridgehead atoms. The van der Waals surface area contributed by atoms with E-state index < -0.39 is 0 Å². The molecule has 1 amide bonds. The molecule has 0 aliphatic rings. The predicted octanol–water partition coefficient (Wildman–Crippen LogP) is 1.80. The molecule has 1 aromatic carbocycles. The number of nitrogens with two attached hydrogens (primary N) is 1. The number of carbonyl (C=O) groups excluding carboxylic acids is 1. The lowest BCUT2D eigenvalue weighted by molar-refractivity contribution is 0.0946. The summed E-state index contributed by atoms with van der Waals surface area (Å²) < 4.78 is 5.27. The molecule has 5 heteroatoms. The number of carbonyl (C=O) groups is 1. The van der Waals surface area contributed by atoms with Gasteiger partial charge in [0.25, 0.3) is 5.91 Å². The number of nitrogen functional groups attached to an aromatic ring is 1. The van der Waals surface area contributed by atoms with Gasteiger partial charge in [0.1, 0.15) is 5.76 Å². The molecular formula is C13H15N3O2. The maximum Gasteiger partial charge on any atom is 0.251 e. The third-order valence-corrected chi connectivity index (χ3v) is 2.56. The van der Waals surface area contributed by atoms with Gasteiger partial charge in [0.2, 0.25) is 5.89 Å². The van der Waals surface area contributed by atoms with Gasteiger partial charge in [-0.3, -0.25) is 4.79 Å². The first-order chi connectivity index (χ1) is 8.56. The third kappa shape index (κ3) is 2.68. The quantitative estimate of drug-likeness (QED) is 0.808. The number of hydrogen-bond acceptors (Lipinski definition) is 4. The van der Waals surface area contributed by atoms with E-state index in [0.29, 0.717) is 17.1 Å². The number of rotatable bonds is 3. The van der Waals surface area contributed by atoms with Gasteiger partial charge in [-0.2, -0.15) is 0 Å². The highest BCUT2D eigenvalue weighted by Crippen LogP contribution is 2.12. The number of aromatic nitrogens is 1. The van der Waals surface area contributed by atoms with Crippen LogP contribution in [0.25, 0.3) is 0 Å². The summed E-state index contributed by atoms with van der Waals surface area (Å²) in [5.41, 5.74) is 7.73. The highest BCUT2D eigenvalue weighted by molar-refractivity contribution is 5.95. The van der Waals surface area contributed by atoms with E-state index in [4.69, 9.17) is 10.2 Å². The molecular weight excluding hydrogens is 230 g/mol. The molecule has 0 saturated carbocycles. The van der Waals surface area contributed by atoms with Crippen LogP contribution in [0.2, 0.25) is 0 Å². The Labute approximate surface area is 105 Å². The van der Waals surface area contributed by atoms with Crippen LogP contribution in [0.5, 0.6) is 0 Å². The number of amides is 1. The molecule has 94 valence electrons. The maximum atomic E-state index is 11.9. The largest absolute Gasteiger partial charge is 0.444 e. The number of benzene rings is 1. The van der Waals surface area contributed by atoms with Crippen LogP contribution in [-0.2, 0) is 6.54 Å². The van der Waals surface area contributed by atoms with E-state index >= 15 is 0 Å². The molecule has 5 nitrogen and oxygen atoms in total. The number of hydrogen-bond donors (Lipinski definition) is 2. The van der Waals surface area contributed by atoms with Gasteiger partial charge in [0.05, 0.1) is 12.7 Å². The fourth-order valence-electron chi connectivity index (χ4n) is 1.68. The Morgan fingerprint density at radius 3 is 2.83 bits per heavy atom. The zero-order valence-electron chi connectivity index (χ0n) is 10.4. The van der Waals surface area contributed by atoms with E-state index in [-0.39, 0.29) is 12.5 Å². The Balaban J connectivity index is 2.03. The van der Waals surface area contributed by atoms with Crippen LogP contribution >= 0.6 is 0 Å². The average molecular weight is 245 g/mol. The molecule has 0 aliphatic carbocycles. The summed E-state index contributed by atoms with van der Waals surface area (Å²) in [7, 11) is 0. The van der Waals surface area contributed by atoms with Crippen LogP contribution in [0.15, 0.2) is 28.8 Å². The van der Waals surface area contributed by atoms with Crippen molar-refractivity contribution in [3.63, 3.8) is 0 Å². The first-order valence-corrected chi connectivity index (χ1v) is 5.62. The van der Waals surface area contributed by atoms with E-state index in [2.05, 4.69) is 10.3 Å².